The van der Waals surface area contributed by atoms with Crippen LogP contribution in [0.4, 0.5) is 0 Å². The van der Waals surface area contributed by atoms with Gasteiger partial charge in [-0.25, -0.2) is 0 Å². The zero-order valence-corrected chi connectivity index (χ0v) is 11.0. The van der Waals surface area contributed by atoms with Crippen LogP contribution in [0.5, 0.6) is 0 Å². The largest absolute Gasteiger partial charge is 0.378 e. The van der Waals surface area contributed by atoms with Crippen molar-refractivity contribution in [2.45, 2.75) is 65.9 Å². The molecule has 0 bridgehead atoms. The van der Waals surface area contributed by atoms with E-state index in [2.05, 4.69) is 27.7 Å². The molecule has 90 valence electrons. The maximum absolute atomic E-state index is 5.76. The van der Waals surface area contributed by atoms with E-state index in [1.165, 1.54) is 32.1 Å². The lowest BCUT2D eigenvalue weighted by Crippen LogP contribution is -2.24. The molecular formula is C14H28O. The highest BCUT2D eigenvalue weighted by atomic mass is 16.5. The van der Waals surface area contributed by atoms with Gasteiger partial charge in [-0.1, -0.05) is 33.6 Å². The lowest BCUT2D eigenvalue weighted by Gasteiger charge is -2.31. The summed E-state index contributed by atoms with van der Waals surface area (Å²) in [5.41, 5.74) is 0. The number of hydrogen-bond donors (Lipinski definition) is 0. The van der Waals surface area contributed by atoms with Crippen molar-refractivity contribution in [1.29, 1.82) is 0 Å². The molecule has 0 saturated heterocycles. The summed E-state index contributed by atoms with van der Waals surface area (Å²) in [4.78, 5) is 0. The zero-order valence-electron chi connectivity index (χ0n) is 11.0. The normalized spacial score (nSPS) is 29.4. The lowest BCUT2D eigenvalue weighted by molar-refractivity contribution is 0.0158. The Morgan fingerprint density at radius 3 is 2.53 bits per heavy atom. The molecule has 1 unspecified atom stereocenters. The van der Waals surface area contributed by atoms with Crippen molar-refractivity contribution >= 4 is 0 Å². The Kier molecular flexibility index (Phi) is 5.66. The van der Waals surface area contributed by atoms with Crippen molar-refractivity contribution in [3.63, 3.8) is 0 Å². The second-order valence-corrected chi connectivity index (χ2v) is 5.57. The minimum atomic E-state index is 0.563. The van der Waals surface area contributed by atoms with Gasteiger partial charge >= 0.3 is 0 Å². The van der Waals surface area contributed by atoms with Crippen molar-refractivity contribution in [1.82, 2.24) is 0 Å². The summed E-state index contributed by atoms with van der Waals surface area (Å²) in [6.45, 7) is 10.1. The summed E-state index contributed by atoms with van der Waals surface area (Å²) in [6.07, 6.45) is 7.38. The van der Waals surface area contributed by atoms with E-state index in [-0.39, 0.29) is 0 Å². The van der Waals surface area contributed by atoms with Gasteiger partial charge in [0, 0.05) is 6.61 Å². The molecule has 0 aromatic heterocycles. The molecule has 1 saturated carbocycles. The van der Waals surface area contributed by atoms with E-state index in [1.54, 1.807) is 0 Å². The van der Waals surface area contributed by atoms with Gasteiger partial charge < -0.3 is 4.74 Å². The van der Waals surface area contributed by atoms with E-state index in [9.17, 15) is 0 Å². The van der Waals surface area contributed by atoms with E-state index >= 15 is 0 Å². The summed E-state index contributed by atoms with van der Waals surface area (Å²) in [6, 6.07) is 0. The first-order valence-corrected chi connectivity index (χ1v) is 6.75. The Bertz CT molecular complexity index is 163. The molecule has 0 amide bonds. The SMILES string of the molecule is CCO[C@@H]1CCC[C@H](CC(C)C(C)C)C1. The first kappa shape index (κ1) is 13.0. The van der Waals surface area contributed by atoms with E-state index in [4.69, 9.17) is 4.74 Å². The van der Waals surface area contributed by atoms with Crippen molar-refractivity contribution in [2.75, 3.05) is 6.61 Å². The third kappa shape index (κ3) is 4.55. The Morgan fingerprint density at radius 1 is 1.20 bits per heavy atom. The molecule has 0 radical (unpaired) electrons. The summed E-state index contributed by atoms with van der Waals surface area (Å²) in [5, 5.41) is 0. The van der Waals surface area contributed by atoms with Crippen molar-refractivity contribution in [3.05, 3.63) is 0 Å². The smallest absolute Gasteiger partial charge is 0.0577 e. The van der Waals surface area contributed by atoms with E-state index < -0.39 is 0 Å². The maximum atomic E-state index is 5.76. The molecule has 1 aliphatic rings. The van der Waals surface area contributed by atoms with Gasteiger partial charge in [0.05, 0.1) is 6.10 Å². The molecule has 0 spiro atoms. The Balaban J connectivity index is 2.29. The molecule has 0 aromatic rings. The summed E-state index contributed by atoms with van der Waals surface area (Å²) in [5.74, 6) is 2.63. The first-order valence-electron chi connectivity index (χ1n) is 6.75. The Labute approximate surface area is 95.6 Å². The van der Waals surface area contributed by atoms with Crippen molar-refractivity contribution in [3.8, 4) is 0 Å². The van der Waals surface area contributed by atoms with E-state index in [0.29, 0.717) is 6.10 Å². The van der Waals surface area contributed by atoms with Crippen LogP contribution < -0.4 is 0 Å². The molecule has 0 aliphatic heterocycles. The summed E-state index contributed by atoms with van der Waals surface area (Å²) >= 11 is 0. The predicted molar refractivity (Wildman–Crippen MR) is 66.0 cm³/mol. The topological polar surface area (TPSA) is 9.23 Å². The van der Waals surface area contributed by atoms with Crippen LogP contribution in [-0.2, 0) is 4.74 Å². The highest BCUT2D eigenvalue weighted by Crippen LogP contribution is 2.32. The van der Waals surface area contributed by atoms with Crippen LogP contribution >= 0.6 is 0 Å². The molecule has 0 aromatic carbocycles. The molecule has 1 nitrogen and oxygen atoms in total. The fraction of sp³-hybridized carbons (Fsp3) is 1.00. The first-order chi connectivity index (χ1) is 7.13. The van der Waals surface area contributed by atoms with Crippen LogP contribution in [0.2, 0.25) is 0 Å². The number of hydrogen-bond acceptors (Lipinski definition) is 1. The van der Waals surface area contributed by atoms with Gasteiger partial charge in [0.25, 0.3) is 0 Å². The fourth-order valence-corrected chi connectivity index (χ4v) is 2.64. The fourth-order valence-electron chi connectivity index (χ4n) is 2.64. The number of ether oxygens (including phenoxy) is 1. The van der Waals surface area contributed by atoms with Crippen LogP contribution in [0.15, 0.2) is 0 Å². The van der Waals surface area contributed by atoms with Crippen LogP contribution in [0.25, 0.3) is 0 Å². The van der Waals surface area contributed by atoms with Crippen LogP contribution in [-0.4, -0.2) is 12.7 Å². The predicted octanol–water partition coefficient (Wildman–Crippen LogP) is 4.26. The van der Waals surface area contributed by atoms with Gasteiger partial charge in [-0.05, 0) is 43.9 Å². The van der Waals surface area contributed by atoms with Gasteiger partial charge in [0.2, 0.25) is 0 Å². The second kappa shape index (κ2) is 6.52. The van der Waals surface area contributed by atoms with E-state index in [1.807, 2.05) is 0 Å². The summed E-state index contributed by atoms with van der Waals surface area (Å²) in [7, 11) is 0. The molecule has 1 fully saturated rings. The summed E-state index contributed by atoms with van der Waals surface area (Å²) < 4.78 is 5.76. The molecule has 1 rings (SSSR count). The van der Waals surface area contributed by atoms with Gasteiger partial charge in [-0.15, -0.1) is 0 Å². The molecule has 3 atom stereocenters. The van der Waals surface area contributed by atoms with Crippen LogP contribution in [0, 0.1) is 17.8 Å². The molecule has 0 heterocycles. The monoisotopic (exact) mass is 212 g/mol. The average molecular weight is 212 g/mol. The minimum absolute atomic E-state index is 0.563. The Morgan fingerprint density at radius 2 is 1.93 bits per heavy atom. The van der Waals surface area contributed by atoms with E-state index in [0.717, 1.165) is 24.4 Å². The third-order valence-corrected chi connectivity index (χ3v) is 3.98. The Hall–Kier alpha value is -0.0400. The second-order valence-electron chi connectivity index (χ2n) is 5.57. The average Bonchev–Trinajstić information content (AvgIpc) is 2.18. The molecular weight excluding hydrogens is 184 g/mol. The van der Waals surface area contributed by atoms with Crippen molar-refractivity contribution in [2.24, 2.45) is 17.8 Å². The quantitative estimate of drug-likeness (QED) is 0.661. The van der Waals surface area contributed by atoms with Crippen molar-refractivity contribution < 1.29 is 4.74 Å². The van der Waals surface area contributed by atoms with Gasteiger partial charge in [-0.3, -0.25) is 0 Å². The minimum Gasteiger partial charge on any atom is -0.378 e. The molecule has 15 heavy (non-hydrogen) atoms. The highest BCUT2D eigenvalue weighted by molar-refractivity contribution is 4.75. The molecule has 1 aliphatic carbocycles. The third-order valence-electron chi connectivity index (χ3n) is 3.98. The molecule has 0 N–H and O–H groups in total. The van der Waals surface area contributed by atoms with Crippen LogP contribution in [0.1, 0.15) is 59.8 Å². The standard InChI is InChI=1S/C14H28O/c1-5-15-14-8-6-7-13(10-14)9-12(4)11(2)3/h11-14H,5-10H2,1-4H3/t12?,13-,14-/m1/s1. The van der Waals surface area contributed by atoms with Gasteiger partial charge in [-0.2, -0.15) is 0 Å². The number of rotatable bonds is 5. The zero-order chi connectivity index (χ0) is 11.3. The lowest BCUT2D eigenvalue weighted by atomic mass is 9.79. The van der Waals surface area contributed by atoms with Crippen LogP contribution in [0.3, 0.4) is 0 Å². The van der Waals surface area contributed by atoms with Gasteiger partial charge in [0.1, 0.15) is 0 Å². The molecule has 1 heteroatoms. The van der Waals surface area contributed by atoms with Gasteiger partial charge in [0.15, 0.2) is 0 Å². The highest BCUT2D eigenvalue weighted by Gasteiger charge is 2.24. The maximum Gasteiger partial charge on any atom is 0.0577 e.